The fourth-order valence-corrected chi connectivity index (χ4v) is 6.10. The van der Waals surface area contributed by atoms with Crippen LogP contribution in [-0.4, -0.2) is 18.2 Å². The van der Waals surface area contributed by atoms with Crippen molar-refractivity contribution in [3.63, 3.8) is 0 Å². The molecule has 0 saturated heterocycles. The number of ether oxygens (including phenoxy) is 2. The van der Waals surface area contributed by atoms with Crippen LogP contribution < -0.4 is 9.64 Å². The van der Waals surface area contributed by atoms with Gasteiger partial charge in [-0.05, 0) is 76.6 Å². The summed E-state index contributed by atoms with van der Waals surface area (Å²) in [5.41, 5.74) is 9.76. The normalized spacial score (nSPS) is 13.9. The minimum Gasteiger partial charge on any atom is -0.489 e. The molecular weight excluding hydrogens is 534 g/mol. The number of hydrogen-bond acceptors (Lipinski definition) is 4. The lowest BCUT2D eigenvalue weighted by molar-refractivity contribution is 0.303. The largest absolute Gasteiger partial charge is 0.489 e. The maximum Gasteiger partial charge on any atom is 0.191 e. The van der Waals surface area contributed by atoms with Crippen molar-refractivity contribution in [2.75, 3.05) is 12.0 Å². The lowest BCUT2D eigenvalue weighted by atomic mass is 9.97. The number of hydrogen-bond donors (Lipinski definition) is 0. The second-order valence-electron chi connectivity index (χ2n) is 10.8. The van der Waals surface area contributed by atoms with Crippen molar-refractivity contribution in [2.45, 2.75) is 38.5 Å². The summed E-state index contributed by atoms with van der Waals surface area (Å²) in [6.07, 6.45) is 2.75. The number of benzene rings is 5. The van der Waals surface area contributed by atoms with Crippen molar-refractivity contribution in [1.82, 2.24) is 0 Å². The van der Waals surface area contributed by atoms with Gasteiger partial charge in [0.15, 0.2) is 5.05 Å². The van der Waals surface area contributed by atoms with Gasteiger partial charge < -0.3 is 14.4 Å². The Morgan fingerprint density at radius 1 is 0.738 bits per heavy atom. The number of anilines is 1. The summed E-state index contributed by atoms with van der Waals surface area (Å²) >= 11 is 5.54. The molecule has 5 aromatic rings. The third kappa shape index (κ3) is 6.40. The van der Waals surface area contributed by atoms with Gasteiger partial charge >= 0.3 is 0 Å². The van der Waals surface area contributed by atoms with Crippen molar-refractivity contribution >= 4 is 23.0 Å². The monoisotopic (exact) mass is 569 g/mol. The minimum atomic E-state index is 0.313. The zero-order valence-corrected chi connectivity index (χ0v) is 24.7. The molecule has 0 saturated carbocycles. The van der Waals surface area contributed by atoms with E-state index in [0.29, 0.717) is 17.7 Å². The number of para-hydroxylation sites is 1. The number of rotatable bonds is 10. The molecule has 210 valence electrons. The maximum absolute atomic E-state index is 6.50. The summed E-state index contributed by atoms with van der Waals surface area (Å²) < 4.78 is 12.0. The van der Waals surface area contributed by atoms with E-state index in [9.17, 15) is 0 Å². The van der Waals surface area contributed by atoms with Crippen LogP contribution in [0.4, 0.5) is 5.69 Å². The highest BCUT2D eigenvalue weighted by molar-refractivity contribution is 7.80. The molecule has 0 bridgehead atoms. The van der Waals surface area contributed by atoms with E-state index in [1.54, 1.807) is 7.11 Å². The first-order chi connectivity index (χ1) is 20.7. The maximum atomic E-state index is 6.50. The highest BCUT2D eigenvalue weighted by Crippen LogP contribution is 2.36. The fourth-order valence-electron chi connectivity index (χ4n) is 5.90. The van der Waals surface area contributed by atoms with Crippen molar-refractivity contribution in [3.8, 4) is 5.75 Å². The Morgan fingerprint density at radius 3 is 2.21 bits per heavy atom. The standard InChI is InChI=1S/C38H35NO2S/c1-40-38(42)35-18-10-8-17-33(35)26-39-34(25-31-16-9-11-19-36(31)39)23-30-20-21-32(22-28-12-4-2-5-13-28)37(24-30)41-27-29-14-6-3-7-15-29/h2-21,24,34H,22-23,25-27H2,1H3. The van der Waals surface area contributed by atoms with E-state index >= 15 is 0 Å². The van der Waals surface area contributed by atoms with Gasteiger partial charge in [-0.15, -0.1) is 0 Å². The molecule has 5 aromatic carbocycles. The Balaban J connectivity index is 1.28. The van der Waals surface area contributed by atoms with Gasteiger partial charge in [-0.1, -0.05) is 109 Å². The first kappa shape index (κ1) is 27.7. The molecule has 0 amide bonds. The summed E-state index contributed by atoms with van der Waals surface area (Å²) in [6.45, 7) is 1.31. The molecule has 0 spiro atoms. The first-order valence-electron chi connectivity index (χ1n) is 14.5. The summed E-state index contributed by atoms with van der Waals surface area (Å²) in [6, 6.07) is 45.2. The van der Waals surface area contributed by atoms with Crippen LogP contribution in [-0.2, 0) is 37.2 Å². The van der Waals surface area contributed by atoms with E-state index in [1.165, 1.54) is 39.1 Å². The number of nitrogens with zero attached hydrogens (tertiary/aromatic N) is 1. The molecule has 1 aliphatic rings. The number of fused-ring (bicyclic) bond motifs is 1. The van der Waals surface area contributed by atoms with E-state index in [1.807, 2.05) is 12.1 Å². The summed E-state index contributed by atoms with van der Waals surface area (Å²) in [5, 5.41) is 0.531. The zero-order valence-electron chi connectivity index (χ0n) is 23.9. The average Bonchev–Trinajstić information content (AvgIpc) is 3.38. The molecule has 0 aromatic heterocycles. The minimum absolute atomic E-state index is 0.313. The molecule has 42 heavy (non-hydrogen) atoms. The lowest BCUT2D eigenvalue weighted by Crippen LogP contribution is -2.33. The fraction of sp³-hybridized carbons (Fsp3) is 0.184. The van der Waals surface area contributed by atoms with Gasteiger partial charge in [-0.2, -0.15) is 0 Å². The third-order valence-corrected chi connectivity index (χ3v) is 8.42. The predicted molar refractivity (Wildman–Crippen MR) is 175 cm³/mol. The van der Waals surface area contributed by atoms with Crippen LogP contribution in [0.5, 0.6) is 5.75 Å². The summed E-state index contributed by atoms with van der Waals surface area (Å²) in [4.78, 5) is 2.54. The van der Waals surface area contributed by atoms with Gasteiger partial charge in [0.1, 0.15) is 12.4 Å². The van der Waals surface area contributed by atoms with Crippen molar-refractivity contribution in [3.05, 3.63) is 166 Å². The number of thiocarbonyl (C=S) groups is 1. The quantitative estimate of drug-likeness (QED) is 0.158. The molecule has 1 heterocycles. The summed E-state index contributed by atoms with van der Waals surface area (Å²) in [5.74, 6) is 0.957. The van der Waals surface area contributed by atoms with Crippen LogP contribution >= 0.6 is 12.2 Å². The van der Waals surface area contributed by atoms with Crippen LogP contribution in [0.15, 0.2) is 127 Å². The Kier molecular flexibility index (Phi) is 8.62. The van der Waals surface area contributed by atoms with E-state index in [4.69, 9.17) is 21.7 Å². The predicted octanol–water partition coefficient (Wildman–Crippen LogP) is 8.35. The highest BCUT2D eigenvalue weighted by Gasteiger charge is 2.30. The third-order valence-electron chi connectivity index (χ3n) is 8.04. The van der Waals surface area contributed by atoms with E-state index in [-0.39, 0.29) is 0 Å². The smallest absolute Gasteiger partial charge is 0.191 e. The molecule has 0 aliphatic carbocycles. The Bertz CT molecular complexity index is 1650. The molecule has 3 nitrogen and oxygen atoms in total. The van der Waals surface area contributed by atoms with Crippen LogP contribution in [0.1, 0.15) is 38.9 Å². The van der Waals surface area contributed by atoms with E-state index in [0.717, 1.165) is 37.1 Å². The Hall–Kier alpha value is -4.41. The van der Waals surface area contributed by atoms with Gasteiger partial charge in [0.05, 0.1) is 7.11 Å². The van der Waals surface area contributed by atoms with Gasteiger partial charge in [0.2, 0.25) is 0 Å². The molecule has 0 fully saturated rings. The van der Waals surface area contributed by atoms with Crippen LogP contribution in [0, 0.1) is 0 Å². The first-order valence-corrected chi connectivity index (χ1v) is 14.9. The molecule has 4 heteroatoms. The zero-order chi connectivity index (χ0) is 28.7. The molecule has 1 aliphatic heterocycles. The summed E-state index contributed by atoms with van der Waals surface area (Å²) in [7, 11) is 1.64. The number of methoxy groups -OCH3 is 1. The lowest BCUT2D eigenvalue weighted by Gasteiger charge is -2.29. The van der Waals surface area contributed by atoms with Crippen molar-refractivity contribution < 1.29 is 9.47 Å². The van der Waals surface area contributed by atoms with Gasteiger partial charge in [-0.25, -0.2) is 0 Å². The van der Waals surface area contributed by atoms with Crippen LogP contribution in [0.3, 0.4) is 0 Å². The Labute approximate surface area is 254 Å². The second-order valence-corrected chi connectivity index (χ2v) is 11.2. The second kappa shape index (κ2) is 13.1. The van der Waals surface area contributed by atoms with Gasteiger partial charge in [0, 0.05) is 30.3 Å². The molecule has 0 N–H and O–H groups in total. The highest BCUT2D eigenvalue weighted by atomic mass is 32.1. The molecule has 6 rings (SSSR count). The van der Waals surface area contributed by atoms with Crippen molar-refractivity contribution in [1.29, 1.82) is 0 Å². The average molecular weight is 570 g/mol. The van der Waals surface area contributed by atoms with Gasteiger partial charge in [-0.3, -0.25) is 0 Å². The molecule has 1 unspecified atom stereocenters. The molecule has 1 atom stereocenters. The SMILES string of the molecule is COC(=S)c1ccccc1CN1c2ccccc2CC1Cc1ccc(Cc2ccccc2)c(OCc2ccccc2)c1. The van der Waals surface area contributed by atoms with Crippen LogP contribution in [0.25, 0.3) is 0 Å². The molecular formula is C38H35NO2S. The van der Waals surface area contributed by atoms with E-state index < -0.39 is 0 Å². The van der Waals surface area contributed by atoms with Gasteiger partial charge in [0.25, 0.3) is 0 Å². The van der Waals surface area contributed by atoms with Crippen molar-refractivity contribution in [2.24, 2.45) is 0 Å². The molecule has 0 radical (unpaired) electrons. The topological polar surface area (TPSA) is 21.7 Å². The Morgan fingerprint density at radius 2 is 1.43 bits per heavy atom. The van der Waals surface area contributed by atoms with E-state index in [2.05, 4.69) is 120 Å². The van der Waals surface area contributed by atoms with Crippen LogP contribution in [0.2, 0.25) is 0 Å².